The lowest BCUT2D eigenvalue weighted by Gasteiger charge is -2.17. The van der Waals surface area contributed by atoms with E-state index in [9.17, 15) is 9.59 Å². The Morgan fingerprint density at radius 1 is 1.29 bits per heavy atom. The number of rotatable bonds is 8. The lowest BCUT2D eigenvalue weighted by Crippen LogP contribution is -2.32. The van der Waals surface area contributed by atoms with Gasteiger partial charge in [0.05, 0.1) is 13.2 Å². The van der Waals surface area contributed by atoms with Crippen molar-refractivity contribution in [3.05, 3.63) is 23.8 Å². The zero-order chi connectivity index (χ0) is 17.5. The summed E-state index contributed by atoms with van der Waals surface area (Å²) in [7, 11) is 1.55. The molecule has 0 spiro atoms. The number of carboxylic acids is 1. The Morgan fingerprint density at radius 2 is 2.00 bits per heavy atom. The van der Waals surface area contributed by atoms with Crippen LogP contribution in [0.4, 0.5) is 0 Å². The molecule has 0 radical (unpaired) electrons. The molecule has 1 aliphatic carbocycles. The Labute approximate surface area is 142 Å². The van der Waals surface area contributed by atoms with Crippen molar-refractivity contribution in [2.75, 3.05) is 7.11 Å². The number of carbonyl (C=O) groups excluding carboxylic acids is 1. The molecule has 2 N–H and O–H groups in total. The first kappa shape index (κ1) is 18.1. The number of hydrogen-bond donors (Lipinski definition) is 2. The van der Waals surface area contributed by atoms with Gasteiger partial charge in [0.25, 0.3) is 5.91 Å². The van der Waals surface area contributed by atoms with Crippen molar-refractivity contribution in [1.82, 2.24) is 5.32 Å². The Balaban J connectivity index is 1.99. The molecule has 1 fully saturated rings. The summed E-state index contributed by atoms with van der Waals surface area (Å²) >= 11 is 0. The fourth-order valence-corrected chi connectivity index (χ4v) is 2.81. The third-order valence-electron chi connectivity index (χ3n) is 4.19. The van der Waals surface area contributed by atoms with Crippen molar-refractivity contribution in [2.24, 2.45) is 0 Å². The first-order valence-corrected chi connectivity index (χ1v) is 8.37. The molecule has 1 saturated carbocycles. The molecule has 0 saturated heterocycles. The highest BCUT2D eigenvalue weighted by molar-refractivity contribution is 5.95. The van der Waals surface area contributed by atoms with Crippen LogP contribution in [0.5, 0.6) is 11.5 Å². The van der Waals surface area contributed by atoms with Crippen molar-refractivity contribution in [3.8, 4) is 11.5 Å². The molecule has 24 heavy (non-hydrogen) atoms. The van der Waals surface area contributed by atoms with Crippen LogP contribution >= 0.6 is 0 Å². The number of amides is 1. The maximum atomic E-state index is 12.3. The molecule has 6 nitrogen and oxygen atoms in total. The van der Waals surface area contributed by atoms with E-state index in [-0.39, 0.29) is 24.5 Å². The number of hydrogen-bond acceptors (Lipinski definition) is 4. The highest BCUT2D eigenvalue weighted by Gasteiger charge is 2.19. The summed E-state index contributed by atoms with van der Waals surface area (Å²) < 4.78 is 11.3. The molecular formula is C18H25NO5. The van der Waals surface area contributed by atoms with Crippen molar-refractivity contribution >= 4 is 11.9 Å². The summed E-state index contributed by atoms with van der Waals surface area (Å²) in [6.07, 6.45) is 5.09. The molecular weight excluding hydrogens is 310 g/mol. The molecule has 1 aromatic carbocycles. The minimum Gasteiger partial charge on any atom is -0.493 e. The normalized spacial score (nSPS) is 15.8. The largest absolute Gasteiger partial charge is 0.493 e. The van der Waals surface area contributed by atoms with Crippen LogP contribution in [0.1, 0.15) is 55.8 Å². The lowest BCUT2D eigenvalue weighted by atomic mass is 10.1. The van der Waals surface area contributed by atoms with Gasteiger partial charge in [-0.1, -0.05) is 0 Å². The molecule has 0 heterocycles. The minimum absolute atomic E-state index is 0.0267. The molecule has 6 heteroatoms. The van der Waals surface area contributed by atoms with Gasteiger partial charge in [-0.15, -0.1) is 0 Å². The van der Waals surface area contributed by atoms with Crippen molar-refractivity contribution in [1.29, 1.82) is 0 Å². The number of methoxy groups -OCH3 is 1. The summed E-state index contributed by atoms with van der Waals surface area (Å²) in [5, 5.41) is 11.5. The van der Waals surface area contributed by atoms with Gasteiger partial charge < -0.3 is 19.9 Å². The molecule has 0 bridgehead atoms. The van der Waals surface area contributed by atoms with Crippen LogP contribution < -0.4 is 14.8 Å². The van der Waals surface area contributed by atoms with Crippen LogP contribution in [-0.2, 0) is 4.79 Å². The van der Waals surface area contributed by atoms with Gasteiger partial charge in [-0.2, -0.15) is 0 Å². The smallest absolute Gasteiger partial charge is 0.303 e. The summed E-state index contributed by atoms with van der Waals surface area (Å²) in [6.45, 7) is 1.79. The third-order valence-corrected chi connectivity index (χ3v) is 4.19. The van der Waals surface area contributed by atoms with E-state index < -0.39 is 5.97 Å². The first-order valence-electron chi connectivity index (χ1n) is 8.37. The van der Waals surface area contributed by atoms with Gasteiger partial charge in [0.2, 0.25) is 0 Å². The van der Waals surface area contributed by atoms with Crippen molar-refractivity contribution in [3.63, 3.8) is 0 Å². The topological polar surface area (TPSA) is 84.9 Å². The quantitative estimate of drug-likeness (QED) is 0.763. The van der Waals surface area contributed by atoms with E-state index in [0.717, 1.165) is 12.8 Å². The molecule has 0 aromatic heterocycles. The Kier molecular flexibility index (Phi) is 6.46. The van der Waals surface area contributed by atoms with E-state index in [1.165, 1.54) is 12.8 Å². The highest BCUT2D eigenvalue weighted by Crippen LogP contribution is 2.32. The van der Waals surface area contributed by atoms with Gasteiger partial charge in [-0.3, -0.25) is 9.59 Å². The second kappa shape index (κ2) is 8.57. The van der Waals surface area contributed by atoms with Crippen LogP contribution in [0.3, 0.4) is 0 Å². The van der Waals surface area contributed by atoms with Gasteiger partial charge in [-0.25, -0.2) is 0 Å². The average molecular weight is 335 g/mol. The minimum atomic E-state index is -0.869. The Hall–Kier alpha value is -2.24. The molecule has 1 atom stereocenters. The SMILES string of the molecule is COc1cc(C(=O)NC(C)CCC(=O)O)ccc1OC1CCCC1. The van der Waals surface area contributed by atoms with Crippen LogP contribution in [0.25, 0.3) is 0 Å². The lowest BCUT2D eigenvalue weighted by molar-refractivity contribution is -0.137. The molecule has 1 amide bonds. The molecule has 0 aliphatic heterocycles. The summed E-state index contributed by atoms with van der Waals surface area (Å²) in [5.74, 6) is 0.0670. The second-order valence-corrected chi connectivity index (χ2v) is 6.20. The van der Waals surface area contributed by atoms with Gasteiger partial charge >= 0.3 is 5.97 Å². The summed E-state index contributed by atoms with van der Waals surface area (Å²) in [6, 6.07) is 4.90. The number of aliphatic carboxylic acids is 1. The van der Waals surface area contributed by atoms with Crippen molar-refractivity contribution < 1.29 is 24.2 Å². The number of carbonyl (C=O) groups is 2. The number of benzene rings is 1. The fourth-order valence-electron chi connectivity index (χ4n) is 2.81. The zero-order valence-electron chi connectivity index (χ0n) is 14.2. The highest BCUT2D eigenvalue weighted by atomic mass is 16.5. The molecule has 1 unspecified atom stereocenters. The number of carboxylic acid groups (broad SMARTS) is 1. The van der Waals surface area contributed by atoms with E-state index in [4.69, 9.17) is 14.6 Å². The van der Waals surface area contributed by atoms with Crippen LogP contribution in [0, 0.1) is 0 Å². The number of nitrogens with one attached hydrogen (secondary N) is 1. The van der Waals surface area contributed by atoms with E-state index >= 15 is 0 Å². The predicted octanol–water partition coefficient (Wildman–Crippen LogP) is 3.00. The Morgan fingerprint density at radius 3 is 2.62 bits per heavy atom. The zero-order valence-corrected chi connectivity index (χ0v) is 14.2. The van der Waals surface area contributed by atoms with Gasteiger partial charge in [-0.05, 0) is 57.2 Å². The molecule has 132 valence electrons. The van der Waals surface area contributed by atoms with Gasteiger partial charge in [0, 0.05) is 18.0 Å². The predicted molar refractivity (Wildman–Crippen MR) is 89.7 cm³/mol. The second-order valence-electron chi connectivity index (χ2n) is 6.20. The molecule has 2 rings (SSSR count). The fraction of sp³-hybridized carbons (Fsp3) is 0.556. The van der Waals surface area contributed by atoms with Gasteiger partial charge in [0.1, 0.15) is 0 Å². The first-order chi connectivity index (χ1) is 11.5. The van der Waals surface area contributed by atoms with Crippen LogP contribution in [0.15, 0.2) is 18.2 Å². The summed E-state index contributed by atoms with van der Waals surface area (Å²) in [5.41, 5.74) is 0.466. The standard InChI is InChI=1S/C18H25NO5/c1-12(7-10-17(20)21)19-18(22)13-8-9-15(16(11-13)23-2)24-14-5-3-4-6-14/h8-9,11-12,14H,3-7,10H2,1-2H3,(H,19,22)(H,20,21). The third kappa shape index (κ3) is 5.15. The molecule has 1 aliphatic rings. The monoisotopic (exact) mass is 335 g/mol. The molecule has 1 aromatic rings. The van der Waals surface area contributed by atoms with Gasteiger partial charge in [0.15, 0.2) is 11.5 Å². The maximum Gasteiger partial charge on any atom is 0.303 e. The van der Waals surface area contributed by atoms with Crippen LogP contribution in [0.2, 0.25) is 0 Å². The number of ether oxygens (including phenoxy) is 2. The Bertz CT molecular complexity index is 581. The van der Waals surface area contributed by atoms with E-state index in [1.807, 2.05) is 0 Å². The van der Waals surface area contributed by atoms with Crippen LogP contribution in [-0.4, -0.2) is 36.2 Å². The van der Waals surface area contributed by atoms with E-state index in [0.29, 0.717) is 23.5 Å². The van der Waals surface area contributed by atoms with Crippen molar-refractivity contribution in [2.45, 2.75) is 57.6 Å². The maximum absolute atomic E-state index is 12.3. The summed E-state index contributed by atoms with van der Waals surface area (Å²) in [4.78, 5) is 22.8. The van der Waals surface area contributed by atoms with E-state index in [2.05, 4.69) is 5.32 Å². The van der Waals surface area contributed by atoms with E-state index in [1.54, 1.807) is 32.2 Å². The average Bonchev–Trinajstić information content (AvgIpc) is 3.06.